The monoisotopic (exact) mass is 469 g/mol. The number of nitrogens with one attached hydrogen (secondary N) is 3. The van der Waals surface area contributed by atoms with E-state index in [1.165, 1.54) is 23.9 Å². The van der Waals surface area contributed by atoms with Crippen LogP contribution in [0.25, 0.3) is 0 Å². The molecule has 0 aliphatic rings. The Kier molecular flexibility index (Phi) is 6.52. The number of hydrogen-bond donors (Lipinski definition) is 4. The highest BCUT2D eigenvalue weighted by molar-refractivity contribution is 7.98. The zero-order chi connectivity index (χ0) is 22.5. The fraction of sp³-hybridized carbons (Fsp3) is 0.0476. The van der Waals surface area contributed by atoms with E-state index in [0.717, 1.165) is 11.6 Å². The van der Waals surface area contributed by atoms with E-state index in [1.54, 1.807) is 30.5 Å². The summed E-state index contributed by atoms with van der Waals surface area (Å²) in [6.07, 6.45) is 1.65. The van der Waals surface area contributed by atoms with Crippen molar-refractivity contribution in [2.45, 2.75) is 10.9 Å². The average molecular weight is 470 g/mol. The summed E-state index contributed by atoms with van der Waals surface area (Å²) in [5.41, 5.74) is 7.72. The molecular weight excluding hydrogens is 453 g/mol. The van der Waals surface area contributed by atoms with Crippen LogP contribution in [0.1, 0.15) is 15.9 Å². The number of H-pyrrole nitrogens is 1. The maximum atomic E-state index is 13.2. The number of thioether (sulfide) groups is 1. The minimum Gasteiger partial charge on any atom is -0.397 e. The van der Waals surface area contributed by atoms with Crippen LogP contribution in [0.5, 0.6) is 0 Å². The standard InChI is InChI=1S/C21H17ClFN7OS/c22-17-10-19(30-29-17)27-18-7-8-25-21(28-18)32-11-12-1-3-13(4-2-12)20(31)26-16-6-5-14(23)9-15(16)24/h1-10H,11,24H2,(H,26,31)(H2,25,27,28,29,30). The molecule has 0 aliphatic carbocycles. The number of nitrogen functional groups attached to an aromatic ring is 1. The fourth-order valence-electron chi connectivity index (χ4n) is 2.72. The predicted molar refractivity (Wildman–Crippen MR) is 124 cm³/mol. The molecule has 4 aromatic rings. The Morgan fingerprint density at radius 3 is 2.66 bits per heavy atom. The molecule has 0 radical (unpaired) electrons. The number of rotatable bonds is 7. The Balaban J connectivity index is 1.34. The van der Waals surface area contributed by atoms with Crippen molar-refractivity contribution in [3.8, 4) is 0 Å². The van der Waals surface area contributed by atoms with Crippen molar-refractivity contribution in [3.63, 3.8) is 0 Å². The molecule has 1 amide bonds. The summed E-state index contributed by atoms with van der Waals surface area (Å²) in [5.74, 6) is 0.977. The summed E-state index contributed by atoms with van der Waals surface area (Å²) in [6, 6.07) is 14.3. The Bertz CT molecular complexity index is 1250. The first-order valence-electron chi connectivity index (χ1n) is 9.35. The van der Waals surface area contributed by atoms with E-state index in [1.807, 2.05) is 12.1 Å². The molecule has 2 aromatic carbocycles. The van der Waals surface area contributed by atoms with E-state index < -0.39 is 5.82 Å². The maximum Gasteiger partial charge on any atom is 0.255 e. The van der Waals surface area contributed by atoms with Gasteiger partial charge in [-0.25, -0.2) is 14.4 Å². The highest BCUT2D eigenvalue weighted by atomic mass is 35.5. The number of amides is 1. The van der Waals surface area contributed by atoms with Gasteiger partial charge in [0.2, 0.25) is 0 Å². The molecule has 0 bridgehead atoms. The summed E-state index contributed by atoms with van der Waals surface area (Å²) in [4.78, 5) is 21.1. The van der Waals surface area contributed by atoms with Gasteiger partial charge in [-0.2, -0.15) is 5.10 Å². The van der Waals surface area contributed by atoms with Gasteiger partial charge in [0.05, 0.1) is 11.4 Å². The minimum atomic E-state index is -0.460. The molecule has 0 spiro atoms. The second-order valence-corrected chi connectivity index (χ2v) is 7.97. The largest absolute Gasteiger partial charge is 0.397 e. The third kappa shape index (κ3) is 5.54. The molecule has 5 N–H and O–H groups in total. The third-order valence-electron chi connectivity index (χ3n) is 4.28. The van der Waals surface area contributed by atoms with Crippen molar-refractivity contribution in [3.05, 3.63) is 82.9 Å². The number of halogens is 2. The maximum absolute atomic E-state index is 13.2. The summed E-state index contributed by atoms with van der Waals surface area (Å²) < 4.78 is 13.2. The lowest BCUT2D eigenvalue weighted by molar-refractivity contribution is 0.102. The van der Waals surface area contributed by atoms with Crippen molar-refractivity contribution >= 4 is 52.3 Å². The Morgan fingerprint density at radius 1 is 1.12 bits per heavy atom. The van der Waals surface area contributed by atoms with E-state index in [4.69, 9.17) is 17.3 Å². The molecule has 162 valence electrons. The molecule has 0 atom stereocenters. The van der Waals surface area contributed by atoms with Crippen molar-refractivity contribution in [2.24, 2.45) is 0 Å². The lowest BCUT2D eigenvalue weighted by Crippen LogP contribution is -2.13. The van der Waals surface area contributed by atoms with E-state index in [2.05, 4.69) is 30.8 Å². The van der Waals surface area contributed by atoms with Crippen LogP contribution >= 0.6 is 23.4 Å². The topological polar surface area (TPSA) is 122 Å². The number of carbonyl (C=O) groups is 1. The lowest BCUT2D eigenvalue weighted by Gasteiger charge is -2.09. The number of nitrogens with zero attached hydrogens (tertiary/aromatic N) is 3. The number of anilines is 4. The Morgan fingerprint density at radius 2 is 1.94 bits per heavy atom. The molecule has 11 heteroatoms. The highest BCUT2D eigenvalue weighted by Crippen LogP contribution is 2.23. The van der Waals surface area contributed by atoms with Crippen LogP contribution in [0.15, 0.2) is 66.0 Å². The van der Waals surface area contributed by atoms with Gasteiger partial charge in [0.25, 0.3) is 5.91 Å². The fourth-order valence-corrected chi connectivity index (χ4v) is 3.65. The number of nitrogens with two attached hydrogens (primary N) is 1. The molecule has 0 saturated heterocycles. The summed E-state index contributed by atoms with van der Waals surface area (Å²) in [6.45, 7) is 0. The van der Waals surface area contributed by atoms with E-state index in [-0.39, 0.29) is 11.6 Å². The van der Waals surface area contributed by atoms with Crippen LogP contribution in [0.2, 0.25) is 5.15 Å². The molecular formula is C21H17ClFN7OS. The van der Waals surface area contributed by atoms with E-state index in [9.17, 15) is 9.18 Å². The van der Waals surface area contributed by atoms with Crippen LogP contribution < -0.4 is 16.4 Å². The third-order valence-corrected chi connectivity index (χ3v) is 5.41. The first kappa shape index (κ1) is 21.6. The zero-order valence-electron chi connectivity index (χ0n) is 16.5. The first-order valence-corrected chi connectivity index (χ1v) is 10.7. The molecule has 0 fully saturated rings. The second kappa shape index (κ2) is 9.67. The van der Waals surface area contributed by atoms with Crippen molar-refractivity contribution in [1.29, 1.82) is 0 Å². The normalized spacial score (nSPS) is 10.7. The van der Waals surface area contributed by atoms with Gasteiger partial charge in [0.1, 0.15) is 16.8 Å². The molecule has 8 nitrogen and oxygen atoms in total. The van der Waals surface area contributed by atoms with Crippen LogP contribution in [0.3, 0.4) is 0 Å². The molecule has 0 aliphatic heterocycles. The number of aromatic nitrogens is 4. The van der Waals surface area contributed by atoms with Gasteiger partial charge in [-0.1, -0.05) is 35.5 Å². The quantitative estimate of drug-likeness (QED) is 0.173. The van der Waals surface area contributed by atoms with Crippen LogP contribution in [0.4, 0.5) is 27.4 Å². The van der Waals surface area contributed by atoms with Crippen molar-refractivity contribution in [2.75, 3.05) is 16.4 Å². The van der Waals surface area contributed by atoms with Crippen molar-refractivity contribution in [1.82, 2.24) is 20.2 Å². The van der Waals surface area contributed by atoms with Gasteiger partial charge in [-0.3, -0.25) is 9.89 Å². The molecule has 32 heavy (non-hydrogen) atoms. The number of aromatic amines is 1. The summed E-state index contributed by atoms with van der Waals surface area (Å²) in [5, 5.41) is 13.4. The number of carbonyl (C=O) groups excluding carboxylic acids is 1. The van der Waals surface area contributed by atoms with Gasteiger partial charge in [-0.15, -0.1) is 0 Å². The Labute approximate surface area is 191 Å². The molecule has 4 rings (SSSR count). The smallest absolute Gasteiger partial charge is 0.255 e. The van der Waals surface area contributed by atoms with Crippen LogP contribution in [0, 0.1) is 5.82 Å². The van der Waals surface area contributed by atoms with Gasteiger partial charge in [0, 0.05) is 23.6 Å². The van der Waals surface area contributed by atoms with Crippen LogP contribution in [-0.4, -0.2) is 26.1 Å². The Hall–Kier alpha value is -3.63. The van der Waals surface area contributed by atoms with Gasteiger partial charge >= 0.3 is 0 Å². The van der Waals surface area contributed by atoms with Crippen LogP contribution in [-0.2, 0) is 5.75 Å². The van der Waals surface area contributed by atoms with E-state index in [0.29, 0.717) is 38.9 Å². The van der Waals surface area contributed by atoms with Crippen molar-refractivity contribution < 1.29 is 9.18 Å². The summed E-state index contributed by atoms with van der Waals surface area (Å²) >= 11 is 7.27. The van der Waals surface area contributed by atoms with Gasteiger partial charge < -0.3 is 16.4 Å². The highest BCUT2D eigenvalue weighted by Gasteiger charge is 2.09. The number of hydrogen-bond acceptors (Lipinski definition) is 7. The average Bonchev–Trinajstić information content (AvgIpc) is 3.19. The predicted octanol–water partition coefficient (Wildman–Crippen LogP) is 4.86. The number of benzene rings is 2. The molecule has 0 unspecified atom stereocenters. The SMILES string of the molecule is Nc1cc(F)ccc1NC(=O)c1ccc(CSc2nccc(Nc3cc(Cl)[nH]n3)n2)cc1. The molecule has 2 aromatic heterocycles. The minimum absolute atomic E-state index is 0.165. The lowest BCUT2D eigenvalue weighted by atomic mass is 10.1. The first-order chi connectivity index (χ1) is 15.5. The summed E-state index contributed by atoms with van der Waals surface area (Å²) in [7, 11) is 0. The van der Waals surface area contributed by atoms with Gasteiger partial charge in [-0.05, 0) is 42.0 Å². The van der Waals surface area contributed by atoms with E-state index >= 15 is 0 Å². The zero-order valence-corrected chi connectivity index (χ0v) is 18.0. The second-order valence-electron chi connectivity index (χ2n) is 6.62. The van der Waals surface area contributed by atoms with Gasteiger partial charge in [0.15, 0.2) is 11.0 Å². The molecule has 2 heterocycles. The molecule has 0 saturated carbocycles.